The number of hydrogen-bond acceptors (Lipinski definition) is 7. The van der Waals surface area contributed by atoms with Gasteiger partial charge >= 0.3 is 12.1 Å². The molecule has 160 valence electrons. The first-order valence-electron chi connectivity index (χ1n) is 8.38. The summed E-state index contributed by atoms with van der Waals surface area (Å²) >= 11 is 0. The number of likely N-dealkylation sites (N-methyl/N-ethyl adjacent to an activating group) is 1. The smallest absolute Gasteiger partial charge is 0.475 e. The highest BCUT2D eigenvalue weighted by atomic mass is 19.4. The average Bonchev–Trinajstić information content (AvgIpc) is 2.83. The predicted molar refractivity (Wildman–Crippen MR) is 89.0 cm³/mol. The van der Waals surface area contributed by atoms with E-state index in [-0.39, 0.29) is 19.1 Å². The minimum atomic E-state index is -5.08. The molecule has 0 saturated carbocycles. The van der Waals surface area contributed by atoms with Gasteiger partial charge in [0, 0.05) is 13.1 Å². The Morgan fingerprint density at radius 3 is 2.46 bits per heavy atom. The molecule has 2 rings (SSSR count). The van der Waals surface area contributed by atoms with E-state index in [1.165, 1.54) is 0 Å². The Morgan fingerprint density at radius 2 is 1.93 bits per heavy atom. The van der Waals surface area contributed by atoms with Gasteiger partial charge in [-0.05, 0) is 20.5 Å². The molecule has 28 heavy (non-hydrogen) atoms. The van der Waals surface area contributed by atoms with E-state index < -0.39 is 12.1 Å². The van der Waals surface area contributed by atoms with Crippen LogP contribution in [-0.4, -0.2) is 93.5 Å². The molecule has 0 saturated heterocycles. The van der Waals surface area contributed by atoms with Crippen LogP contribution in [0.15, 0.2) is 0 Å². The number of alkyl halides is 3. The fraction of sp³-hybridized carbons (Fsp3) is 0.733. The highest BCUT2D eigenvalue weighted by Crippen LogP contribution is 2.16. The van der Waals surface area contributed by atoms with E-state index in [4.69, 9.17) is 19.7 Å². The highest BCUT2D eigenvalue weighted by Gasteiger charge is 2.38. The van der Waals surface area contributed by atoms with Gasteiger partial charge in [-0.3, -0.25) is 4.79 Å². The molecule has 0 bridgehead atoms. The van der Waals surface area contributed by atoms with Crippen molar-refractivity contribution in [2.24, 2.45) is 0 Å². The van der Waals surface area contributed by atoms with Gasteiger partial charge in [0.15, 0.2) is 0 Å². The zero-order chi connectivity index (χ0) is 21.3. The van der Waals surface area contributed by atoms with Crippen molar-refractivity contribution in [1.29, 1.82) is 0 Å². The molecule has 0 radical (unpaired) electrons. The average molecular weight is 411 g/mol. The molecule has 0 unspecified atom stereocenters. The van der Waals surface area contributed by atoms with Crippen molar-refractivity contribution < 1.29 is 37.7 Å². The van der Waals surface area contributed by atoms with Gasteiger partial charge in [-0.15, -0.1) is 5.10 Å². The summed E-state index contributed by atoms with van der Waals surface area (Å²) < 4.78 is 38.9. The van der Waals surface area contributed by atoms with Crippen molar-refractivity contribution in [2.75, 3.05) is 40.4 Å². The first-order valence-corrected chi connectivity index (χ1v) is 8.38. The van der Waals surface area contributed by atoms with E-state index in [9.17, 15) is 18.0 Å². The van der Waals surface area contributed by atoms with Crippen molar-refractivity contribution in [3.63, 3.8) is 0 Å². The number of aliphatic hydroxyl groups is 1. The molecular formula is C15H24F3N5O5. The second-order valence-electron chi connectivity index (χ2n) is 6.19. The van der Waals surface area contributed by atoms with Crippen molar-refractivity contribution in [3.05, 3.63) is 11.4 Å². The second kappa shape index (κ2) is 10.9. The molecule has 10 nitrogen and oxygen atoms in total. The summed E-state index contributed by atoms with van der Waals surface area (Å²) in [7, 11) is 3.77. The number of carbonyl (C=O) groups is 2. The van der Waals surface area contributed by atoms with Crippen molar-refractivity contribution in [3.8, 4) is 0 Å². The molecule has 2 N–H and O–H groups in total. The largest absolute Gasteiger partial charge is 0.490 e. The van der Waals surface area contributed by atoms with Crippen molar-refractivity contribution >= 4 is 11.9 Å². The minimum absolute atomic E-state index is 0.0169. The lowest BCUT2D eigenvalue weighted by Gasteiger charge is -2.22. The number of aromatic nitrogens is 3. The fourth-order valence-electron chi connectivity index (χ4n) is 2.32. The summed E-state index contributed by atoms with van der Waals surface area (Å²) in [6.45, 7) is 2.97. The molecule has 0 spiro atoms. The number of rotatable bonds is 6. The Kier molecular flexibility index (Phi) is 9.28. The van der Waals surface area contributed by atoms with Crippen LogP contribution >= 0.6 is 0 Å². The van der Waals surface area contributed by atoms with Crippen LogP contribution in [0.3, 0.4) is 0 Å². The molecule has 1 aliphatic heterocycles. The number of amides is 1. The van der Waals surface area contributed by atoms with Crippen molar-refractivity contribution in [1.82, 2.24) is 24.8 Å². The number of carboxylic acids is 1. The summed E-state index contributed by atoms with van der Waals surface area (Å²) in [6, 6.07) is 0. The maximum Gasteiger partial charge on any atom is 0.490 e. The van der Waals surface area contributed by atoms with Gasteiger partial charge in [-0.2, -0.15) is 13.2 Å². The van der Waals surface area contributed by atoms with Crippen LogP contribution in [0.25, 0.3) is 0 Å². The van der Waals surface area contributed by atoms with E-state index in [1.807, 2.05) is 28.6 Å². The van der Waals surface area contributed by atoms with Gasteiger partial charge in [-0.25, -0.2) is 9.48 Å². The number of fused-ring (bicyclic) bond motifs is 1. The summed E-state index contributed by atoms with van der Waals surface area (Å²) in [5.74, 6) is -2.65. The number of aliphatic carboxylic acids is 1. The quantitative estimate of drug-likeness (QED) is 0.613. The van der Waals surface area contributed by atoms with Crippen molar-refractivity contribution in [2.45, 2.75) is 32.3 Å². The monoisotopic (exact) mass is 411 g/mol. The Hall–Kier alpha value is -2.25. The number of hydrogen-bond donors (Lipinski definition) is 2. The van der Waals surface area contributed by atoms with E-state index in [2.05, 4.69) is 10.3 Å². The standard InChI is InChI=1S/C13H23N5O3.C2HF3O2/c1-16(2)9-13(20)17-4-3-5-18-12(8-17)11(14-15-18)10-21-7-6-19;3-2(4,5)1(6)7/h19H,3-10H2,1-2H3;(H,6,7). The Bertz CT molecular complexity index is 651. The van der Waals surface area contributed by atoms with E-state index in [1.54, 1.807) is 0 Å². The molecule has 2 heterocycles. The number of nitrogens with zero attached hydrogens (tertiary/aromatic N) is 5. The topological polar surface area (TPSA) is 121 Å². The van der Waals surface area contributed by atoms with Crippen LogP contribution < -0.4 is 0 Å². The molecule has 0 atom stereocenters. The van der Waals surface area contributed by atoms with Crippen LogP contribution in [0.1, 0.15) is 17.8 Å². The molecule has 1 aliphatic rings. The molecule has 0 fully saturated rings. The number of ether oxygens (including phenoxy) is 1. The lowest BCUT2D eigenvalue weighted by molar-refractivity contribution is -0.192. The minimum Gasteiger partial charge on any atom is -0.475 e. The van der Waals surface area contributed by atoms with Gasteiger partial charge < -0.3 is 24.7 Å². The number of carboxylic acid groups (broad SMARTS) is 1. The number of aliphatic hydroxyl groups excluding tert-OH is 1. The van der Waals surface area contributed by atoms with Crippen LogP contribution in [0.2, 0.25) is 0 Å². The third kappa shape index (κ3) is 7.78. The molecule has 0 aromatic carbocycles. The van der Waals surface area contributed by atoms with Gasteiger partial charge in [-0.1, -0.05) is 5.21 Å². The zero-order valence-corrected chi connectivity index (χ0v) is 15.6. The molecule has 1 aromatic rings. The Morgan fingerprint density at radius 1 is 1.29 bits per heavy atom. The molecule has 1 aromatic heterocycles. The SMILES string of the molecule is CN(C)CC(=O)N1CCCn2nnc(COCCO)c2C1.O=C(O)C(F)(F)F. The summed E-state index contributed by atoms with van der Waals surface area (Å²) in [5, 5.41) is 24.1. The van der Waals surface area contributed by atoms with Gasteiger partial charge in [0.2, 0.25) is 5.91 Å². The lowest BCUT2D eigenvalue weighted by Crippen LogP contribution is -2.37. The molecular weight excluding hydrogens is 387 g/mol. The van der Waals surface area contributed by atoms with Crippen LogP contribution in [-0.2, 0) is 34.0 Å². The Balaban J connectivity index is 0.000000480. The van der Waals surface area contributed by atoms with Gasteiger partial charge in [0.25, 0.3) is 0 Å². The Labute approximate surface area is 159 Å². The molecule has 13 heteroatoms. The number of halogens is 3. The number of aryl methyl sites for hydroxylation is 1. The van der Waals surface area contributed by atoms with Crippen LogP contribution in [0.5, 0.6) is 0 Å². The highest BCUT2D eigenvalue weighted by molar-refractivity contribution is 5.78. The lowest BCUT2D eigenvalue weighted by atomic mass is 10.3. The molecule has 0 aliphatic carbocycles. The fourth-order valence-corrected chi connectivity index (χ4v) is 2.32. The summed E-state index contributed by atoms with van der Waals surface area (Å²) in [4.78, 5) is 24.8. The maximum atomic E-state index is 12.2. The third-order valence-electron chi connectivity index (χ3n) is 3.58. The normalized spacial score (nSPS) is 14.2. The predicted octanol–water partition coefficient (Wildman–Crippen LogP) is -0.286. The van der Waals surface area contributed by atoms with Gasteiger partial charge in [0.05, 0.1) is 38.6 Å². The molecule has 1 amide bonds. The maximum absolute atomic E-state index is 12.2. The van der Waals surface area contributed by atoms with Crippen LogP contribution in [0.4, 0.5) is 13.2 Å². The van der Waals surface area contributed by atoms with E-state index in [0.717, 1.165) is 30.9 Å². The summed E-state index contributed by atoms with van der Waals surface area (Å²) in [6.07, 6.45) is -4.22. The zero-order valence-electron chi connectivity index (χ0n) is 15.6. The van der Waals surface area contributed by atoms with E-state index in [0.29, 0.717) is 19.7 Å². The first-order chi connectivity index (χ1) is 13.1. The number of carbonyl (C=O) groups excluding carboxylic acids is 1. The second-order valence-corrected chi connectivity index (χ2v) is 6.19. The van der Waals surface area contributed by atoms with Gasteiger partial charge in [0.1, 0.15) is 5.69 Å². The summed E-state index contributed by atoms with van der Waals surface area (Å²) in [5.41, 5.74) is 1.67. The first kappa shape index (κ1) is 23.8. The van der Waals surface area contributed by atoms with E-state index >= 15 is 0 Å². The van der Waals surface area contributed by atoms with Crippen LogP contribution in [0, 0.1) is 0 Å². The third-order valence-corrected chi connectivity index (χ3v) is 3.58.